The van der Waals surface area contributed by atoms with E-state index in [9.17, 15) is 0 Å². The van der Waals surface area contributed by atoms with E-state index in [1.54, 1.807) is 0 Å². The highest BCUT2D eigenvalue weighted by Gasteiger charge is 2.24. The second kappa shape index (κ2) is 15.0. The van der Waals surface area contributed by atoms with Crippen molar-refractivity contribution in [3.05, 3.63) is 0 Å². The van der Waals surface area contributed by atoms with E-state index < -0.39 is 0 Å². The molecule has 0 bridgehead atoms. The van der Waals surface area contributed by atoms with Crippen LogP contribution in [0.1, 0.15) is 84.0 Å². The fourth-order valence-electron chi connectivity index (χ4n) is 2.55. The van der Waals surface area contributed by atoms with E-state index in [4.69, 9.17) is 0 Å². The highest BCUT2D eigenvalue weighted by molar-refractivity contribution is 7.82. The first-order chi connectivity index (χ1) is 9.74. The van der Waals surface area contributed by atoms with Gasteiger partial charge < -0.3 is 0 Å². The van der Waals surface area contributed by atoms with E-state index in [1.807, 2.05) is 0 Å². The Balaban J connectivity index is 3.32. The van der Waals surface area contributed by atoms with Crippen LogP contribution in [0.2, 0.25) is 0 Å². The van der Waals surface area contributed by atoms with E-state index >= 15 is 0 Å². The SMILES string of the molecule is CCCCCCCCCCCCCC(CS)(CS)CS. The lowest BCUT2D eigenvalue weighted by Gasteiger charge is -2.28. The molecule has 0 heterocycles. The van der Waals surface area contributed by atoms with Gasteiger partial charge in [-0.3, -0.25) is 0 Å². The Morgan fingerprint density at radius 1 is 0.550 bits per heavy atom. The summed E-state index contributed by atoms with van der Waals surface area (Å²) < 4.78 is 0. The molecule has 3 heteroatoms. The summed E-state index contributed by atoms with van der Waals surface area (Å²) in [6.45, 7) is 2.28. The Kier molecular flexibility index (Phi) is 15.8. The lowest BCUT2D eigenvalue weighted by molar-refractivity contribution is 0.383. The fraction of sp³-hybridized carbons (Fsp3) is 1.00. The molecule has 122 valence electrons. The standard InChI is InChI=1S/C17H36S3/c1-2-3-4-5-6-7-8-9-10-11-12-13-17(14-18,15-19)16-20/h18-20H,2-16H2,1H3. The summed E-state index contributed by atoms with van der Waals surface area (Å²) in [6, 6.07) is 0. The maximum Gasteiger partial charge on any atom is -0.00255 e. The Bertz CT molecular complexity index is 182. The van der Waals surface area contributed by atoms with Gasteiger partial charge in [-0.25, -0.2) is 0 Å². The smallest absolute Gasteiger partial charge is 0.00255 e. The van der Waals surface area contributed by atoms with Crippen molar-refractivity contribution in [3.63, 3.8) is 0 Å². The minimum Gasteiger partial charge on any atom is -0.179 e. The average molecular weight is 337 g/mol. The Hall–Kier alpha value is 1.05. The minimum absolute atomic E-state index is 0.259. The maximum atomic E-state index is 4.47. The van der Waals surface area contributed by atoms with Gasteiger partial charge in [0.15, 0.2) is 0 Å². The zero-order chi connectivity index (χ0) is 15.1. The third-order valence-corrected chi connectivity index (χ3v) is 6.33. The van der Waals surface area contributed by atoms with Gasteiger partial charge in [0, 0.05) is 0 Å². The third kappa shape index (κ3) is 10.7. The van der Waals surface area contributed by atoms with Crippen molar-refractivity contribution in [2.24, 2.45) is 5.41 Å². The van der Waals surface area contributed by atoms with Crippen molar-refractivity contribution < 1.29 is 0 Å². The molecule has 0 atom stereocenters. The maximum absolute atomic E-state index is 4.47. The van der Waals surface area contributed by atoms with Crippen LogP contribution >= 0.6 is 37.9 Å². The molecule has 0 fully saturated rings. The van der Waals surface area contributed by atoms with Gasteiger partial charge in [0.05, 0.1) is 0 Å². The number of hydrogen-bond acceptors (Lipinski definition) is 3. The van der Waals surface area contributed by atoms with Crippen LogP contribution in [0.5, 0.6) is 0 Å². The number of thiol groups is 3. The van der Waals surface area contributed by atoms with Gasteiger partial charge in [-0.1, -0.05) is 77.6 Å². The van der Waals surface area contributed by atoms with Crippen LogP contribution < -0.4 is 0 Å². The lowest BCUT2D eigenvalue weighted by Crippen LogP contribution is -2.27. The van der Waals surface area contributed by atoms with Gasteiger partial charge in [0.1, 0.15) is 0 Å². The molecular weight excluding hydrogens is 300 g/mol. The first-order valence-corrected chi connectivity index (χ1v) is 10.5. The molecule has 0 saturated carbocycles. The van der Waals surface area contributed by atoms with Crippen LogP contribution in [0, 0.1) is 5.41 Å². The summed E-state index contributed by atoms with van der Waals surface area (Å²) in [5.74, 6) is 2.74. The van der Waals surface area contributed by atoms with Crippen molar-refractivity contribution in [3.8, 4) is 0 Å². The van der Waals surface area contributed by atoms with Gasteiger partial charge in [0.2, 0.25) is 0 Å². The van der Waals surface area contributed by atoms with E-state index in [2.05, 4.69) is 44.8 Å². The largest absolute Gasteiger partial charge is 0.179 e. The summed E-state index contributed by atoms with van der Waals surface area (Å²) in [4.78, 5) is 0. The molecule has 0 aromatic rings. The molecule has 0 spiro atoms. The van der Waals surface area contributed by atoms with Gasteiger partial charge in [-0.2, -0.15) is 37.9 Å². The van der Waals surface area contributed by atoms with Crippen molar-refractivity contribution >= 4 is 37.9 Å². The van der Waals surface area contributed by atoms with Crippen LogP contribution in [0.15, 0.2) is 0 Å². The zero-order valence-electron chi connectivity index (χ0n) is 13.4. The second-order valence-corrected chi connectivity index (χ2v) is 7.21. The minimum atomic E-state index is 0.259. The van der Waals surface area contributed by atoms with Crippen molar-refractivity contribution in [1.29, 1.82) is 0 Å². The Morgan fingerprint density at radius 3 is 1.25 bits per heavy atom. The predicted octanol–water partition coefficient (Wildman–Crippen LogP) is 6.46. The summed E-state index contributed by atoms with van der Waals surface area (Å²) in [6.07, 6.45) is 16.7. The molecule has 0 saturated heterocycles. The third-order valence-electron chi connectivity index (χ3n) is 4.32. The second-order valence-electron chi connectivity index (χ2n) is 6.26. The predicted molar refractivity (Wildman–Crippen MR) is 105 cm³/mol. The summed E-state index contributed by atoms with van der Waals surface area (Å²) in [5.41, 5.74) is 0.259. The summed E-state index contributed by atoms with van der Waals surface area (Å²) in [5, 5.41) is 0. The first kappa shape index (κ1) is 21.0. The quantitative estimate of drug-likeness (QED) is 0.222. The number of hydrogen-bond donors (Lipinski definition) is 3. The highest BCUT2D eigenvalue weighted by atomic mass is 32.1. The van der Waals surface area contributed by atoms with Crippen molar-refractivity contribution in [2.75, 3.05) is 17.3 Å². The molecule has 0 aromatic heterocycles. The molecule has 0 amide bonds. The Morgan fingerprint density at radius 2 is 0.900 bits per heavy atom. The molecule has 0 aliphatic carbocycles. The van der Waals surface area contributed by atoms with E-state index in [0.717, 1.165) is 17.3 Å². The van der Waals surface area contributed by atoms with Crippen LogP contribution in [-0.4, -0.2) is 17.3 Å². The molecule has 20 heavy (non-hydrogen) atoms. The van der Waals surface area contributed by atoms with Crippen LogP contribution in [-0.2, 0) is 0 Å². The molecule has 0 aliphatic heterocycles. The van der Waals surface area contributed by atoms with Gasteiger partial charge in [-0.15, -0.1) is 0 Å². The van der Waals surface area contributed by atoms with E-state index in [0.29, 0.717) is 0 Å². The normalized spacial score (nSPS) is 12.0. The monoisotopic (exact) mass is 336 g/mol. The summed E-state index contributed by atoms with van der Waals surface area (Å²) in [7, 11) is 0. The van der Waals surface area contributed by atoms with Crippen LogP contribution in [0.25, 0.3) is 0 Å². The Labute approximate surface area is 144 Å². The molecule has 0 radical (unpaired) electrons. The number of rotatable bonds is 15. The highest BCUT2D eigenvalue weighted by Crippen LogP contribution is 2.29. The molecule has 0 rings (SSSR count). The first-order valence-electron chi connectivity index (χ1n) is 8.57. The van der Waals surface area contributed by atoms with Crippen LogP contribution in [0.3, 0.4) is 0 Å². The molecule has 0 N–H and O–H groups in total. The topological polar surface area (TPSA) is 0 Å². The molecular formula is C17H36S3. The van der Waals surface area contributed by atoms with E-state index in [-0.39, 0.29) is 5.41 Å². The van der Waals surface area contributed by atoms with Gasteiger partial charge in [0.25, 0.3) is 0 Å². The van der Waals surface area contributed by atoms with Crippen molar-refractivity contribution in [2.45, 2.75) is 84.0 Å². The fourth-order valence-corrected chi connectivity index (χ4v) is 4.23. The van der Waals surface area contributed by atoms with Gasteiger partial charge >= 0.3 is 0 Å². The van der Waals surface area contributed by atoms with Crippen LogP contribution in [0.4, 0.5) is 0 Å². The molecule has 0 unspecified atom stereocenters. The summed E-state index contributed by atoms with van der Waals surface area (Å²) >= 11 is 13.4. The number of unbranched alkanes of at least 4 members (excludes halogenated alkanes) is 10. The lowest BCUT2D eigenvalue weighted by atomic mass is 9.88. The molecule has 0 aliphatic rings. The average Bonchev–Trinajstić information content (AvgIpc) is 2.49. The molecule has 0 aromatic carbocycles. The zero-order valence-corrected chi connectivity index (χ0v) is 16.1. The van der Waals surface area contributed by atoms with Gasteiger partial charge in [-0.05, 0) is 29.1 Å². The molecule has 0 nitrogen and oxygen atoms in total. The van der Waals surface area contributed by atoms with E-state index in [1.165, 1.54) is 77.0 Å². The van der Waals surface area contributed by atoms with Crippen molar-refractivity contribution in [1.82, 2.24) is 0 Å².